The summed E-state index contributed by atoms with van der Waals surface area (Å²) in [6.45, 7) is 1.85. The van der Waals surface area contributed by atoms with Crippen molar-refractivity contribution >= 4 is 23.2 Å². The normalized spacial score (nSPS) is 13.8. The molecule has 0 saturated heterocycles. The van der Waals surface area contributed by atoms with Gasteiger partial charge in [0.1, 0.15) is 11.6 Å². The second-order valence-electron chi connectivity index (χ2n) is 12.2. The molecule has 0 aliphatic heterocycles. The maximum absolute atomic E-state index is 12.1. The van der Waals surface area contributed by atoms with E-state index in [0.717, 1.165) is 75.2 Å². The number of aromatic nitrogens is 3. The van der Waals surface area contributed by atoms with Gasteiger partial charge in [0.05, 0.1) is 0 Å². The van der Waals surface area contributed by atoms with Crippen LogP contribution in [0.15, 0.2) is 90.4 Å². The third-order valence-electron chi connectivity index (χ3n) is 8.96. The molecule has 0 radical (unpaired) electrons. The van der Waals surface area contributed by atoms with E-state index in [1.54, 1.807) is 24.0 Å². The van der Waals surface area contributed by atoms with Crippen molar-refractivity contribution < 1.29 is 9.59 Å². The first-order valence-corrected chi connectivity index (χ1v) is 16.1. The fourth-order valence-corrected chi connectivity index (χ4v) is 6.88. The first-order valence-electron chi connectivity index (χ1n) is 15.7. The molecule has 0 saturated carbocycles. The predicted octanol–water partition coefficient (Wildman–Crippen LogP) is 6.79. The Morgan fingerprint density at radius 2 is 1.30 bits per heavy atom. The predicted molar refractivity (Wildman–Crippen MR) is 181 cm³/mol. The quantitative estimate of drug-likeness (QED) is 0.214. The number of hydrogen-bond acceptors (Lipinski definition) is 5. The monoisotopic (exact) mass is 629 g/mol. The molecule has 0 N–H and O–H groups in total. The Morgan fingerprint density at radius 3 is 1.87 bits per heavy atom. The van der Waals surface area contributed by atoms with Crippen LogP contribution in [-0.4, -0.2) is 26.1 Å². The molecule has 5 aromatic rings. The van der Waals surface area contributed by atoms with Gasteiger partial charge in [0.2, 0.25) is 0 Å². The number of nitrogens with zero attached hydrogens (tertiary/aromatic N) is 3. The number of carbonyl (C=O) groups excluding carboxylic acids is 2. The highest BCUT2D eigenvalue weighted by Gasteiger charge is 2.22. The second-order valence-corrected chi connectivity index (χ2v) is 12.6. The van der Waals surface area contributed by atoms with Gasteiger partial charge in [0.15, 0.2) is 0 Å². The highest BCUT2D eigenvalue weighted by atomic mass is 35.5. The van der Waals surface area contributed by atoms with Crippen LogP contribution in [-0.2, 0) is 55.2 Å². The Bertz CT molecular complexity index is 1960. The average Bonchev–Trinajstić information content (AvgIpc) is 3.06. The molecular weight excluding hydrogens is 594 g/mol. The number of Topliss-reactive ketones (excluding diaryl/α,β-unsaturated/α-hetero) is 2. The van der Waals surface area contributed by atoms with Crippen LogP contribution in [0.2, 0.25) is 5.02 Å². The lowest BCUT2D eigenvalue weighted by Gasteiger charge is -2.22. The molecule has 0 bridgehead atoms. The molecule has 3 heterocycles. The molecule has 3 aromatic heterocycles. The van der Waals surface area contributed by atoms with Gasteiger partial charge in [0.25, 0.3) is 5.56 Å². The van der Waals surface area contributed by atoms with Crippen molar-refractivity contribution in [3.05, 3.63) is 151 Å². The molecular formula is C39H36ClN3O3. The molecule has 0 unspecified atom stereocenters. The lowest BCUT2D eigenvalue weighted by molar-refractivity contribution is -0.119. The molecule has 0 amide bonds. The maximum atomic E-state index is 12.1. The third kappa shape index (κ3) is 6.92. The van der Waals surface area contributed by atoms with E-state index in [0.29, 0.717) is 37.2 Å². The lowest BCUT2D eigenvalue weighted by Crippen LogP contribution is -2.19. The SMILES string of the molecule is Cc1cc(-c2ccc3c(c2Cc2cccnc2)CCC(=O)C3)cn(C)c1=O.O=C1CCc2c(ccc(Cl)c2Cc2cccnc2)C1. The third-order valence-corrected chi connectivity index (χ3v) is 9.32. The summed E-state index contributed by atoms with van der Waals surface area (Å²) >= 11 is 6.34. The van der Waals surface area contributed by atoms with E-state index in [1.165, 1.54) is 16.7 Å². The topological polar surface area (TPSA) is 81.9 Å². The van der Waals surface area contributed by atoms with Gasteiger partial charge in [0, 0.05) is 80.7 Å². The number of benzene rings is 2. The lowest BCUT2D eigenvalue weighted by atomic mass is 9.82. The van der Waals surface area contributed by atoms with Crippen molar-refractivity contribution in [1.82, 2.24) is 14.5 Å². The Kier molecular flexibility index (Phi) is 9.36. The highest BCUT2D eigenvalue weighted by molar-refractivity contribution is 6.31. The summed E-state index contributed by atoms with van der Waals surface area (Å²) in [6, 6.07) is 18.0. The molecule has 6 nitrogen and oxygen atoms in total. The standard InChI is InChI=1S/C23H22N2O2.C16H14ClNO/c1-15-10-18(14-25(2)23(15)27)21-7-5-17-12-19(26)6-8-20(17)22(21)11-16-4-3-9-24-13-16;17-16-6-3-12-9-13(19)4-5-14(12)15(16)8-11-2-1-7-18-10-11/h3-5,7,9-10,13-14H,6,8,11-12H2,1-2H3;1-3,6-7,10H,4-5,8-9H2. The van der Waals surface area contributed by atoms with E-state index in [-0.39, 0.29) is 5.56 Å². The number of pyridine rings is 3. The van der Waals surface area contributed by atoms with Crippen LogP contribution in [0.4, 0.5) is 0 Å². The smallest absolute Gasteiger partial charge is 0.253 e. The summed E-state index contributed by atoms with van der Waals surface area (Å²) in [7, 11) is 1.79. The first kappa shape index (κ1) is 31.3. The summed E-state index contributed by atoms with van der Waals surface area (Å²) < 4.78 is 1.64. The summed E-state index contributed by atoms with van der Waals surface area (Å²) in [5.74, 6) is 0.627. The molecule has 46 heavy (non-hydrogen) atoms. The molecule has 0 fully saturated rings. The summed E-state index contributed by atoms with van der Waals surface area (Å²) in [5.41, 5.74) is 12.4. The second kappa shape index (κ2) is 13.8. The largest absolute Gasteiger partial charge is 0.318 e. The van der Waals surface area contributed by atoms with Gasteiger partial charge < -0.3 is 4.57 Å². The van der Waals surface area contributed by atoms with Gasteiger partial charge in [-0.15, -0.1) is 0 Å². The van der Waals surface area contributed by atoms with Gasteiger partial charge in [-0.2, -0.15) is 0 Å². The van der Waals surface area contributed by atoms with E-state index in [1.807, 2.05) is 55.8 Å². The minimum atomic E-state index is 0.0242. The van der Waals surface area contributed by atoms with E-state index in [9.17, 15) is 14.4 Å². The summed E-state index contributed by atoms with van der Waals surface area (Å²) in [5, 5.41) is 0.789. The molecule has 0 atom stereocenters. The van der Waals surface area contributed by atoms with Crippen molar-refractivity contribution in [2.24, 2.45) is 7.05 Å². The van der Waals surface area contributed by atoms with Crippen LogP contribution >= 0.6 is 11.6 Å². The number of rotatable bonds is 5. The minimum absolute atomic E-state index is 0.0242. The Labute approximate surface area is 274 Å². The molecule has 0 spiro atoms. The number of carbonyl (C=O) groups is 2. The van der Waals surface area contributed by atoms with Crippen LogP contribution in [0, 0.1) is 6.92 Å². The Hall–Kier alpha value is -4.68. The molecule has 7 rings (SSSR count). The highest BCUT2D eigenvalue weighted by Crippen LogP contribution is 2.34. The van der Waals surface area contributed by atoms with Crippen molar-refractivity contribution in [2.75, 3.05) is 0 Å². The maximum Gasteiger partial charge on any atom is 0.253 e. The van der Waals surface area contributed by atoms with E-state index in [2.05, 4.69) is 34.2 Å². The van der Waals surface area contributed by atoms with Gasteiger partial charge in [-0.1, -0.05) is 41.9 Å². The van der Waals surface area contributed by atoms with Gasteiger partial charge >= 0.3 is 0 Å². The zero-order chi connectivity index (χ0) is 32.2. The van der Waals surface area contributed by atoms with E-state index >= 15 is 0 Å². The molecule has 7 heteroatoms. The van der Waals surface area contributed by atoms with Crippen LogP contribution in [0.3, 0.4) is 0 Å². The van der Waals surface area contributed by atoms with Gasteiger partial charge in [-0.25, -0.2) is 0 Å². The zero-order valence-electron chi connectivity index (χ0n) is 26.2. The molecule has 2 aliphatic carbocycles. The van der Waals surface area contributed by atoms with E-state index < -0.39 is 0 Å². The molecule has 232 valence electrons. The van der Waals surface area contributed by atoms with Crippen LogP contribution in [0.1, 0.15) is 62.9 Å². The Balaban J connectivity index is 0.000000172. The van der Waals surface area contributed by atoms with Crippen LogP contribution in [0.5, 0.6) is 0 Å². The number of ketones is 2. The van der Waals surface area contributed by atoms with Crippen molar-refractivity contribution in [3.63, 3.8) is 0 Å². The minimum Gasteiger partial charge on any atom is -0.318 e. The van der Waals surface area contributed by atoms with Gasteiger partial charge in [-0.05, 0) is 106 Å². The zero-order valence-corrected chi connectivity index (χ0v) is 26.9. The van der Waals surface area contributed by atoms with Crippen molar-refractivity contribution in [1.29, 1.82) is 0 Å². The fourth-order valence-electron chi connectivity index (χ4n) is 6.64. The number of fused-ring (bicyclic) bond motifs is 2. The Morgan fingerprint density at radius 1 is 0.739 bits per heavy atom. The van der Waals surface area contributed by atoms with Crippen LogP contribution in [0.25, 0.3) is 11.1 Å². The van der Waals surface area contributed by atoms with Gasteiger partial charge in [-0.3, -0.25) is 24.4 Å². The van der Waals surface area contributed by atoms with E-state index in [4.69, 9.17) is 11.6 Å². The average molecular weight is 630 g/mol. The van der Waals surface area contributed by atoms with Crippen LogP contribution < -0.4 is 5.56 Å². The van der Waals surface area contributed by atoms with Crippen molar-refractivity contribution in [2.45, 2.75) is 58.3 Å². The number of halogens is 1. The summed E-state index contributed by atoms with van der Waals surface area (Å²) in [4.78, 5) is 44.0. The summed E-state index contributed by atoms with van der Waals surface area (Å²) in [6.07, 6.45) is 14.6. The first-order chi connectivity index (χ1) is 22.3. The number of aryl methyl sites for hydroxylation is 2. The number of hydrogen-bond donors (Lipinski definition) is 0. The fraction of sp³-hybridized carbons (Fsp3) is 0.256. The molecule has 2 aliphatic rings. The van der Waals surface area contributed by atoms with Crippen molar-refractivity contribution in [3.8, 4) is 11.1 Å². The molecule has 2 aromatic carbocycles.